The summed E-state index contributed by atoms with van der Waals surface area (Å²) in [6.07, 6.45) is -3.51. The molecule has 0 saturated carbocycles. The number of nitrogens with one attached hydrogen (secondary N) is 1. The normalized spacial score (nSPS) is 16.6. The topological polar surface area (TPSA) is 69.3 Å². The maximum absolute atomic E-state index is 13.6. The van der Waals surface area contributed by atoms with Crippen LogP contribution >= 0.6 is 11.6 Å². The van der Waals surface area contributed by atoms with Gasteiger partial charge in [-0.1, -0.05) is 23.7 Å². The van der Waals surface area contributed by atoms with E-state index in [1.54, 1.807) is 0 Å². The van der Waals surface area contributed by atoms with Gasteiger partial charge in [0.25, 0.3) is 5.56 Å². The molecule has 3 rings (SSSR count). The van der Waals surface area contributed by atoms with Crippen LogP contribution in [0.1, 0.15) is 11.6 Å². The third-order valence-electron chi connectivity index (χ3n) is 4.18. The fourth-order valence-electron chi connectivity index (χ4n) is 2.95. The molecule has 0 unspecified atom stereocenters. The van der Waals surface area contributed by atoms with Gasteiger partial charge in [-0.05, 0) is 17.7 Å². The second-order valence-electron chi connectivity index (χ2n) is 5.90. The molecule has 1 fully saturated rings. The largest absolute Gasteiger partial charge is 0.413 e. The first-order valence-corrected chi connectivity index (χ1v) is 8.16. The Bertz CT molecular complexity index is 901. The van der Waals surface area contributed by atoms with Crippen LogP contribution in [0, 0.1) is 5.82 Å². The molecule has 6 nitrogen and oxygen atoms in total. The minimum absolute atomic E-state index is 0.0182. The average Bonchev–Trinajstić information content (AvgIpc) is 2.59. The first kappa shape index (κ1) is 19.2. The number of halogens is 5. The van der Waals surface area contributed by atoms with Crippen molar-refractivity contribution in [2.45, 2.75) is 12.2 Å². The molecule has 144 valence electrons. The van der Waals surface area contributed by atoms with E-state index in [0.717, 1.165) is 24.3 Å². The van der Waals surface area contributed by atoms with E-state index >= 15 is 0 Å². The molecule has 11 heteroatoms. The molecule has 2 aromatic rings. The Labute approximate surface area is 155 Å². The number of hydrogen-bond acceptors (Lipinski definition) is 4. The van der Waals surface area contributed by atoms with Gasteiger partial charge in [-0.15, -0.1) is 0 Å². The Kier molecular flexibility index (Phi) is 5.09. The predicted molar refractivity (Wildman–Crippen MR) is 89.0 cm³/mol. The standard InChI is InChI=1S/C16H13ClF4N4O2/c17-13-11(7-22-23-15(13)27)24-5-6-25(12(26)8-24)14(16(19,20)21)9-1-3-10(18)4-2-9/h1-4,7,14H,5-6,8H2,(H,23,27)/t14-/m0/s1. The number of piperazine rings is 1. The van der Waals surface area contributed by atoms with Gasteiger partial charge in [0.1, 0.15) is 10.8 Å². The van der Waals surface area contributed by atoms with E-state index in [0.29, 0.717) is 4.90 Å². The third kappa shape index (κ3) is 3.90. The third-order valence-corrected chi connectivity index (χ3v) is 4.55. The van der Waals surface area contributed by atoms with Crippen LogP contribution in [0.2, 0.25) is 5.02 Å². The highest BCUT2D eigenvalue weighted by atomic mass is 35.5. The molecule has 0 radical (unpaired) electrons. The lowest BCUT2D eigenvalue weighted by Gasteiger charge is -2.40. The number of carbonyl (C=O) groups excluding carboxylic acids is 1. The average molecular weight is 405 g/mol. The zero-order chi connectivity index (χ0) is 19.8. The summed E-state index contributed by atoms with van der Waals surface area (Å²) in [6.45, 7) is -0.646. The van der Waals surface area contributed by atoms with Crippen molar-refractivity contribution >= 4 is 23.2 Å². The van der Waals surface area contributed by atoms with Gasteiger partial charge in [-0.3, -0.25) is 9.59 Å². The summed E-state index contributed by atoms with van der Waals surface area (Å²) in [5.41, 5.74) is -0.733. The first-order valence-electron chi connectivity index (χ1n) is 7.78. The van der Waals surface area contributed by atoms with Crippen molar-refractivity contribution in [3.8, 4) is 0 Å². The number of aromatic amines is 1. The minimum atomic E-state index is -4.74. The van der Waals surface area contributed by atoms with Gasteiger partial charge in [0.2, 0.25) is 5.91 Å². The summed E-state index contributed by atoms with van der Waals surface area (Å²) in [5, 5.41) is 5.52. The number of aromatic nitrogens is 2. The number of benzene rings is 1. The minimum Gasteiger partial charge on any atom is -0.358 e. The smallest absolute Gasteiger partial charge is 0.358 e. The lowest BCUT2D eigenvalue weighted by atomic mass is 10.0. The van der Waals surface area contributed by atoms with E-state index < -0.39 is 36.0 Å². The maximum Gasteiger partial charge on any atom is 0.413 e. The maximum atomic E-state index is 13.6. The number of H-pyrrole nitrogens is 1. The van der Waals surface area contributed by atoms with Gasteiger partial charge >= 0.3 is 6.18 Å². The van der Waals surface area contributed by atoms with Gasteiger partial charge in [0.15, 0.2) is 6.04 Å². The van der Waals surface area contributed by atoms with E-state index in [4.69, 9.17) is 11.6 Å². The number of carbonyl (C=O) groups is 1. The van der Waals surface area contributed by atoms with Gasteiger partial charge in [-0.2, -0.15) is 18.3 Å². The molecule has 1 aromatic heterocycles. The molecule has 2 heterocycles. The Morgan fingerprint density at radius 2 is 1.81 bits per heavy atom. The number of amides is 1. The summed E-state index contributed by atoms with van der Waals surface area (Å²) in [5.74, 6) is -1.48. The molecule has 1 atom stereocenters. The molecular formula is C16H13ClF4N4O2. The van der Waals surface area contributed by atoms with E-state index in [1.807, 2.05) is 0 Å². The van der Waals surface area contributed by atoms with E-state index in [2.05, 4.69) is 10.2 Å². The van der Waals surface area contributed by atoms with E-state index in [1.165, 1.54) is 11.1 Å². The Morgan fingerprint density at radius 3 is 2.41 bits per heavy atom. The van der Waals surface area contributed by atoms with Crippen molar-refractivity contribution in [1.29, 1.82) is 0 Å². The number of anilines is 1. The first-order chi connectivity index (χ1) is 12.7. The van der Waals surface area contributed by atoms with Crippen LogP contribution in [-0.2, 0) is 4.79 Å². The van der Waals surface area contributed by atoms with Crippen LogP contribution in [0.4, 0.5) is 23.2 Å². The number of nitrogens with zero attached hydrogens (tertiary/aromatic N) is 3. The summed E-state index contributed by atoms with van der Waals surface area (Å²) >= 11 is 5.89. The summed E-state index contributed by atoms with van der Waals surface area (Å²) in [6, 6.07) is 1.64. The van der Waals surface area contributed by atoms with Gasteiger partial charge in [0.05, 0.1) is 18.4 Å². The fraction of sp³-hybridized carbons (Fsp3) is 0.312. The summed E-state index contributed by atoms with van der Waals surface area (Å²) in [4.78, 5) is 26.1. The molecule has 1 aliphatic heterocycles. The molecule has 1 saturated heterocycles. The summed E-state index contributed by atoms with van der Waals surface area (Å²) in [7, 11) is 0. The van der Waals surface area contributed by atoms with Crippen molar-refractivity contribution in [3.05, 3.63) is 57.2 Å². The Hall–Kier alpha value is -2.62. The second-order valence-corrected chi connectivity index (χ2v) is 6.28. The van der Waals surface area contributed by atoms with Crippen molar-refractivity contribution in [2.24, 2.45) is 0 Å². The number of rotatable bonds is 3. The molecule has 1 aliphatic rings. The van der Waals surface area contributed by atoms with Crippen molar-refractivity contribution in [2.75, 3.05) is 24.5 Å². The van der Waals surface area contributed by atoms with Gasteiger partial charge in [-0.25, -0.2) is 9.49 Å². The van der Waals surface area contributed by atoms with Crippen LogP contribution in [0.5, 0.6) is 0 Å². The van der Waals surface area contributed by atoms with E-state index in [-0.39, 0.29) is 29.4 Å². The lowest BCUT2D eigenvalue weighted by Crippen LogP contribution is -2.54. The van der Waals surface area contributed by atoms with E-state index in [9.17, 15) is 27.2 Å². The van der Waals surface area contributed by atoms with Gasteiger partial charge < -0.3 is 9.80 Å². The van der Waals surface area contributed by atoms with Crippen molar-refractivity contribution in [1.82, 2.24) is 15.1 Å². The highest BCUT2D eigenvalue weighted by Crippen LogP contribution is 2.39. The Balaban J connectivity index is 1.87. The molecule has 1 amide bonds. The zero-order valence-electron chi connectivity index (χ0n) is 13.6. The zero-order valence-corrected chi connectivity index (χ0v) is 14.4. The predicted octanol–water partition coefficient (Wildman–Crippen LogP) is 2.51. The number of hydrogen-bond donors (Lipinski definition) is 1. The molecule has 1 N–H and O–H groups in total. The molecule has 1 aromatic carbocycles. The number of alkyl halides is 3. The molecule has 0 spiro atoms. The second kappa shape index (κ2) is 7.18. The Morgan fingerprint density at radius 1 is 1.15 bits per heavy atom. The quantitative estimate of drug-likeness (QED) is 0.798. The SMILES string of the molecule is O=C1CN(c2cn[nH]c(=O)c2Cl)CCN1[C@@H](c1ccc(F)cc1)C(F)(F)F. The van der Waals surface area contributed by atoms with Crippen LogP contribution in [0.3, 0.4) is 0 Å². The highest BCUT2D eigenvalue weighted by molar-refractivity contribution is 6.33. The van der Waals surface area contributed by atoms with Crippen LogP contribution in [0.15, 0.2) is 35.3 Å². The van der Waals surface area contributed by atoms with Crippen molar-refractivity contribution in [3.63, 3.8) is 0 Å². The molecule has 27 heavy (non-hydrogen) atoms. The molecule has 0 aliphatic carbocycles. The molecular weight excluding hydrogens is 392 g/mol. The highest BCUT2D eigenvalue weighted by Gasteiger charge is 2.47. The van der Waals surface area contributed by atoms with Crippen LogP contribution < -0.4 is 10.5 Å². The summed E-state index contributed by atoms with van der Waals surface area (Å²) < 4.78 is 53.9. The lowest BCUT2D eigenvalue weighted by molar-refractivity contribution is -0.192. The van der Waals surface area contributed by atoms with Crippen LogP contribution in [-0.4, -0.2) is 46.8 Å². The molecule has 0 bridgehead atoms. The van der Waals surface area contributed by atoms with Crippen molar-refractivity contribution < 1.29 is 22.4 Å². The monoisotopic (exact) mass is 404 g/mol. The van der Waals surface area contributed by atoms with Gasteiger partial charge in [0, 0.05) is 13.1 Å². The fourth-order valence-corrected chi connectivity index (χ4v) is 3.16. The van der Waals surface area contributed by atoms with Crippen LogP contribution in [0.25, 0.3) is 0 Å².